The fraction of sp³-hybridized carbons (Fsp3) is 0.353. The number of carbonyl (C=O) groups is 1. The predicted octanol–water partition coefficient (Wildman–Crippen LogP) is 3.61. The van der Waals surface area contributed by atoms with Gasteiger partial charge in [0, 0.05) is 17.6 Å². The third kappa shape index (κ3) is 3.47. The summed E-state index contributed by atoms with van der Waals surface area (Å²) in [6.45, 7) is 1.94. The number of nitrogens with zero attached hydrogens (tertiary/aromatic N) is 2. The number of fused-ring (bicyclic) bond motifs is 1. The van der Waals surface area contributed by atoms with E-state index >= 15 is 0 Å². The van der Waals surface area contributed by atoms with Gasteiger partial charge in [-0.25, -0.2) is 9.97 Å². The van der Waals surface area contributed by atoms with Crippen LogP contribution in [0.25, 0.3) is 0 Å². The maximum atomic E-state index is 12.3. The van der Waals surface area contributed by atoms with Crippen LogP contribution in [0.1, 0.15) is 36.1 Å². The summed E-state index contributed by atoms with van der Waals surface area (Å²) in [6.07, 6.45) is 6.70. The van der Waals surface area contributed by atoms with Crippen molar-refractivity contribution >= 4 is 23.6 Å². The van der Waals surface area contributed by atoms with Crippen LogP contribution in [0.2, 0.25) is 0 Å². The highest BCUT2D eigenvalue weighted by Crippen LogP contribution is 2.41. The van der Waals surface area contributed by atoms with E-state index in [0.717, 1.165) is 12.8 Å². The molecule has 1 N–H and O–H groups in total. The summed E-state index contributed by atoms with van der Waals surface area (Å²) in [6, 6.07) is 10.3. The van der Waals surface area contributed by atoms with Gasteiger partial charge in [0.15, 0.2) is 0 Å². The summed E-state index contributed by atoms with van der Waals surface area (Å²) in [5.74, 6) is 0.322. The molecule has 0 saturated heterocycles. The van der Waals surface area contributed by atoms with Crippen LogP contribution in [0, 0.1) is 0 Å². The van der Waals surface area contributed by atoms with Gasteiger partial charge < -0.3 is 0 Å². The highest BCUT2D eigenvalue weighted by molar-refractivity contribution is 8.00. The molecular weight excluding hydrogens is 294 g/mol. The normalized spacial score (nSPS) is 18.3. The minimum atomic E-state index is -0.139. The van der Waals surface area contributed by atoms with Crippen LogP contribution >= 0.6 is 11.8 Å². The Hall–Kier alpha value is -1.88. The molecule has 1 aliphatic carbocycles. The number of hydrogen-bond donors (Lipinski definition) is 1. The smallest absolute Gasteiger partial charge is 0.239 e. The predicted molar refractivity (Wildman–Crippen MR) is 89.8 cm³/mol. The zero-order chi connectivity index (χ0) is 15.4. The number of hydrogen-bond acceptors (Lipinski definition) is 4. The molecule has 0 saturated carbocycles. The van der Waals surface area contributed by atoms with E-state index in [1.54, 1.807) is 30.2 Å². The molecule has 0 unspecified atom stereocenters. The van der Waals surface area contributed by atoms with Gasteiger partial charge in [-0.3, -0.25) is 10.1 Å². The van der Waals surface area contributed by atoms with Crippen LogP contribution in [0.15, 0.2) is 42.7 Å². The van der Waals surface area contributed by atoms with Gasteiger partial charge in [0.05, 0.1) is 5.25 Å². The molecule has 1 amide bonds. The summed E-state index contributed by atoms with van der Waals surface area (Å²) in [7, 11) is 0. The Morgan fingerprint density at radius 2 is 2.05 bits per heavy atom. The lowest BCUT2D eigenvalue weighted by Crippen LogP contribution is -2.25. The molecule has 1 aromatic heterocycles. The molecule has 5 heteroatoms. The third-order valence-corrected chi connectivity index (χ3v) is 5.29. The van der Waals surface area contributed by atoms with E-state index in [1.165, 1.54) is 17.5 Å². The van der Waals surface area contributed by atoms with Crippen LogP contribution in [-0.4, -0.2) is 21.1 Å². The van der Waals surface area contributed by atoms with Crippen LogP contribution < -0.4 is 5.32 Å². The zero-order valence-electron chi connectivity index (χ0n) is 12.5. The van der Waals surface area contributed by atoms with Gasteiger partial charge in [0.25, 0.3) is 0 Å². The van der Waals surface area contributed by atoms with Crippen molar-refractivity contribution in [3.63, 3.8) is 0 Å². The maximum absolute atomic E-state index is 12.3. The average molecular weight is 313 g/mol. The fourth-order valence-corrected chi connectivity index (χ4v) is 4.09. The van der Waals surface area contributed by atoms with Crippen LogP contribution in [0.4, 0.5) is 5.95 Å². The number of aryl methyl sites for hydroxylation is 1. The van der Waals surface area contributed by atoms with Gasteiger partial charge in [0.1, 0.15) is 0 Å². The van der Waals surface area contributed by atoms with E-state index in [-0.39, 0.29) is 11.2 Å². The molecule has 2 atom stereocenters. The summed E-state index contributed by atoms with van der Waals surface area (Å²) in [5, 5.41) is 3.03. The lowest BCUT2D eigenvalue weighted by molar-refractivity contribution is -0.115. The number of nitrogens with one attached hydrogen (secondary N) is 1. The second-order valence-electron chi connectivity index (χ2n) is 5.42. The van der Waals surface area contributed by atoms with Crippen molar-refractivity contribution in [3.8, 4) is 0 Å². The molecule has 0 fully saturated rings. The summed E-state index contributed by atoms with van der Waals surface area (Å²) >= 11 is 1.72. The molecule has 0 spiro atoms. The van der Waals surface area contributed by atoms with Gasteiger partial charge >= 0.3 is 0 Å². The zero-order valence-corrected chi connectivity index (χ0v) is 13.3. The van der Waals surface area contributed by atoms with Gasteiger partial charge in [-0.2, -0.15) is 0 Å². The highest BCUT2D eigenvalue weighted by Gasteiger charge is 2.25. The molecule has 1 aliphatic rings. The first-order valence-corrected chi connectivity index (χ1v) is 8.49. The van der Waals surface area contributed by atoms with Crippen LogP contribution in [-0.2, 0) is 11.2 Å². The van der Waals surface area contributed by atoms with Gasteiger partial charge in [-0.05, 0) is 43.4 Å². The minimum Gasteiger partial charge on any atom is -0.294 e. The first kappa shape index (κ1) is 15.0. The summed E-state index contributed by atoms with van der Waals surface area (Å²) < 4.78 is 0. The van der Waals surface area contributed by atoms with E-state index in [9.17, 15) is 4.79 Å². The van der Waals surface area contributed by atoms with E-state index in [1.807, 2.05) is 6.92 Å². The number of benzene rings is 1. The van der Waals surface area contributed by atoms with E-state index in [4.69, 9.17) is 0 Å². The molecule has 22 heavy (non-hydrogen) atoms. The summed E-state index contributed by atoms with van der Waals surface area (Å²) in [5.41, 5.74) is 2.81. The largest absolute Gasteiger partial charge is 0.294 e. The van der Waals surface area contributed by atoms with E-state index in [0.29, 0.717) is 11.2 Å². The molecule has 114 valence electrons. The third-order valence-electron chi connectivity index (χ3n) is 3.85. The van der Waals surface area contributed by atoms with Gasteiger partial charge in [-0.1, -0.05) is 24.3 Å². The lowest BCUT2D eigenvalue weighted by Gasteiger charge is -2.27. The minimum absolute atomic E-state index is 0.0424. The Labute approximate surface area is 134 Å². The second kappa shape index (κ2) is 6.92. The van der Waals surface area contributed by atoms with Gasteiger partial charge in [-0.15, -0.1) is 11.8 Å². The SMILES string of the molecule is C[C@@H](S[C@@H]1CCCc2ccccc21)C(=O)Nc1ncccn1. The Balaban J connectivity index is 1.65. The Kier molecular flexibility index (Phi) is 4.73. The van der Waals surface area contributed by atoms with Crippen molar-refractivity contribution < 1.29 is 4.79 Å². The molecule has 1 aromatic carbocycles. The van der Waals surface area contributed by atoms with Crippen LogP contribution in [0.5, 0.6) is 0 Å². The van der Waals surface area contributed by atoms with Crippen molar-refractivity contribution in [2.75, 3.05) is 5.32 Å². The highest BCUT2D eigenvalue weighted by atomic mass is 32.2. The topological polar surface area (TPSA) is 54.9 Å². The van der Waals surface area contributed by atoms with E-state index in [2.05, 4.69) is 39.6 Å². The molecule has 2 aromatic rings. The van der Waals surface area contributed by atoms with Crippen molar-refractivity contribution in [1.29, 1.82) is 0 Å². The van der Waals surface area contributed by atoms with Crippen molar-refractivity contribution in [2.24, 2.45) is 0 Å². The average Bonchev–Trinajstić information content (AvgIpc) is 2.56. The number of amides is 1. The number of carbonyl (C=O) groups excluding carboxylic acids is 1. The molecule has 3 rings (SSSR count). The molecule has 0 bridgehead atoms. The number of thioether (sulfide) groups is 1. The Bertz CT molecular complexity index is 647. The molecule has 4 nitrogen and oxygen atoms in total. The first-order valence-electron chi connectivity index (χ1n) is 7.55. The Morgan fingerprint density at radius 3 is 2.86 bits per heavy atom. The molecule has 0 radical (unpaired) electrons. The van der Waals surface area contributed by atoms with Gasteiger partial charge in [0.2, 0.25) is 11.9 Å². The number of rotatable bonds is 4. The molecule has 0 aliphatic heterocycles. The fourth-order valence-electron chi connectivity index (χ4n) is 2.73. The maximum Gasteiger partial charge on any atom is 0.239 e. The quantitative estimate of drug-likeness (QED) is 0.937. The summed E-state index contributed by atoms with van der Waals surface area (Å²) in [4.78, 5) is 20.3. The van der Waals surface area contributed by atoms with Crippen molar-refractivity contribution in [3.05, 3.63) is 53.9 Å². The second-order valence-corrected chi connectivity index (χ2v) is 6.97. The number of aromatic nitrogens is 2. The van der Waals surface area contributed by atoms with E-state index < -0.39 is 0 Å². The van der Waals surface area contributed by atoms with Crippen LogP contribution in [0.3, 0.4) is 0 Å². The van der Waals surface area contributed by atoms with Crippen molar-refractivity contribution in [1.82, 2.24) is 9.97 Å². The Morgan fingerprint density at radius 1 is 1.27 bits per heavy atom. The van der Waals surface area contributed by atoms with Crippen molar-refractivity contribution in [2.45, 2.75) is 36.7 Å². The standard InChI is InChI=1S/C17H19N3OS/c1-12(16(21)20-17-18-10-5-11-19-17)22-15-9-4-7-13-6-2-3-8-14(13)15/h2-3,5-6,8,10-12,15H,4,7,9H2,1H3,(H,18,19,20,21)/t12-,15-/m1/s1. The first-order chi connectivity index (χ1) is 10.7. The monoisotopic (exact) mass is 313 g/mol. The molecular formula is C17H19N3OS. The lowest BCUT2D eigenvalue weighted by atomic mass is 9.91. The molecule has 1 heterocycles. The number of anilines is 1.